The highest BCUT2D eigenvalue weighted by molar-refractivity contribution is 5.84. The van der Waals surface area contributed by atoms with Crippen LogP contribution in [0.1, 0.15) is 12.8 Å². The second kappa shape index (κ2) is 7.59. The van der Waals surface area contributed by atoms with Gasteiger partial charge in [-0.3, -0.25) is 9.59 Å². The maximum absolute atomic E-state index is 12.3. The number of carbonyl (C=O) groups is 2. The van der Waals surface area contributed by atoms with E-state index in [0.717, 1.165) is 6.42 Å². The van der Waals surface area contributed by atoms with Gasteiger partial charge in [0.05, 0.1) is 13.7 Å². The van der Waals surface area contributed by atoms with Crippen molar-refractivity contribution in [2.24, 2.45) is 17.8 Å². The molecule has 0 aliphatic heterocycles. The summed E-state index contributed by atoms with van der Waals surface area (Å²) in [6.45, 7) is 0.458. The van der Waals surface area contributed by atoms with E-state index < -0.39 is 5.97 Å². The minimum atomic E-state index is -0.971. The first-order valence-corrected chi connectivity index (χ1v) is 8.61. The average Bonchev–Trinajstić information content (AvgIpc) is 3.22. The van der Waals surface area contributed by atoms with Gasteiger partial charge in [0.2, 0.25) is 5.91 Å². The van der Waals surface area contributed by atoms with Crippen molar-refractivity contribution in [2.45, 2.75) is 12.8 Å². The number of aliphatic carboxylic acids is 1. The lowest BCUT2D eigenvalue weighted by Crippen LogP contribution is -2.41. The Labute approximate surface area is 147 Å². The van der Waals surface area contributed by atoms with E-state index in [0.29, 0.717) is 35.7 Å². The smallest absolute Gasteiger partial charge is 0.323 e. The maximum atomic E-state index is 12.3. The largest absolute Gasteiger partial charge is 0.497 e. The third-order valence-electron chi connectivity index (χ3n) is 5.08. The first kappa shape index (κ1) is 17.3. The number of carboxylic acids is 1. The number of ether oxygens (including phenoxy) is 1. The Morgan fingerprint density at radius 2 is 1.96 bits per heavy atom. The van der Waals surface area contributed by atoms with Crippen molar-refractivity contribution in [3.8, 4) is 5.75 Å². The molecule has 1 fully saturated rings. The first-order valence-electron chi connectivity index (χ1n) is 8.61. The number of anilines is 1. The zero-order chi connectivity index (χ0) is 17.8. The van der Waals surface area contributed by atoms with Crippen LogP contribution in [0.25, 0.3) is 0 Å². The molecule has 3 atom stereocenters. The van der Waals surface area contributed by atoms with Gasteiger partial charge < -0.3 is 20.1 Å². The van der Waals surface area contributed by atoms with Crippen LogP contribution in [0.2, 0.25) is 0 Å². The van der Waals surface area contributed by atoms with Gasteiger partial charge in [-0.15, -0.1) is 0 Å². The Balaban J connectivity index is 1.56. The number of nitrogens with zero attached hydrogens (tertiary/aromatic N) is 1. The van der Waals surface area contributed by atoms with Gasteiger partial charge >= 0.3 is 5.97 Å². The number of allylic oxidation sites excluding steroid dienone is 2. The zero-order valence-electron chi connectivity index (χ0n) is 14.4. The molecule has 6 nitrogen and oxygen atoms in total. The zero-order valence-corrected chi connectivity index (χ0v) is 14.4. The lowest BCUT2D eigenvalue weighted by atomic mass is 9.94. The molecule has 0 unspecified atom stereocenters. The van der Waals surface area contributed by atoms with Crippen molar-refractivity contribution >= 4 is 17.6 Å². The summed E-state index contributed by atoms with van der Waals surface area (Å²) in [5.74, 6) is 1.34. The monoisotopic (exact) mass is 344 g/mol. The molecular weight excluding hydrogens is 320 g/mol. The summed E-state index contributed by atoms with van der Waals surface area (Å²) >= 11 is 0. The van der Waals surface area contributed by atoms with E-state index in [1.165, 1.54) is 6.42 Å². The van der Waals surface area contributed by atoms with Gasteiger partial charge in [0, 0.05) is 12.2 Å². The van der Waals surface area contributed by atoms with Crippen LogP contribution in [-0.2, 0) is 9.59 Å². The predicted molar refractivity (Wildman–Crippen MR) is 94.7 cm³/mol. The summed E-state index contributed by atoms with van der Waals surface area (Å²) in [6.07, 6.45) is 6.89. The standard InChI is InChI=1S/C19H24N2O4/c1-25-17-6-4-16(5-7-17)21(12-19(23)24)11-18(22)20-10-15-9-13-2-3-14(15)8-13/h2-7,13-15H,8-12H2,1H3,(H,20,22)(H,23,24)/t13-,14+,15-/m0/s1. The second-order valence-corrected chi connectivity index (χ2v) is 6.79. The molecule has 1 amide bonds. The fourth-order valence-corrected chi connectivity index (χ4v) is 3.80. The van der Waals surface area contributed by atoms with Crippen molar-refractivity contribution < 1.29 is 19.4 Å². The van der Waals surface area contributed by atoms with Gasteiger partial charge in [0.1, 0.15) is 12.3 Å². The number of carboxylic acid groups (broad SMARTS) is 1. The lowest BCUT2D eigenvalue weighted by molar-refractivity contribution is -0.135. The number of nitrogens with one attached hydrogen (secondary N) is 1. The molecule has 0 saturated heterocycles. The van der Waals surface area contributed by atoms with Crippen molar-refractivity contribution in [3.63, 3.8) is 0 Å². The maximum Gasteiger partial charge on any atom is 0.323 e. The SMILES string of the molecule is COc1ccc(N(CC(=O)O)CC(=O)NC[C@@H]2C[C@H]3C=C[C@@H]2C3)cc1. The minimum absolute atomic E-state index is 0.0231. The summed E-state index contributed by atoms with van der Waals surface area (Å²) in [4.78, 5) is 25.0. The van der Waals surface area contributed by atoms with Gasteiger partial charge in [-0.1, -0.05) is 12.2 Å². The number of hydrogen-bond acceptors (Lipinski definition) is 4. The van der Waals surface area contributed by atoms with E-state index in [2.05, 4.69) is 17.5 Å². The number of carbonyl (C=O) groups excluding carboxylic acids is 1. The van der Waals surface area contributed by atoms with E-state index in [-0.39, 0.29) is 19.0 Å². The molecule has 2 aliphatic rings. The van der Waals surface area contributed by atoms with Crippen molar-refractivity contribution in [1.29, 1.82) is 0 Å². The molecule has 6 heteroatoms. The summed E-state index contributed by atoms with van der Waals surface area (Å²) in [5.41, 5.74) is 0.682. The molecule has 134 valence electrons. The van der Waals surface area contributed by atoms with Crippen LogP contribution in [0.4, 0.5) is 5.69 Å². The number of methoxy groups -OCH3 is 1. The summed E-state index contributed by atoms with van der Waals surface area (Å²) in [5, 5.41) is 12.1. The van der Waals surface area contributed by atoms with E-state index in [4.69, 9.17) is 9.84 Å². The number of benzene rings is 1. The predicted octanol–water partition coefficient (Wildman–Crippen LogP) is 1.91. The molecule has 0 aromatic heterocycles. The van der Waals surface area contributed by atoms with Crippen LogP contribution in [0, 0.1) is 17.8 Å². The van der Waals surface area contributed by atoms with Crippen LogP contribution >= 0.6 is 0 Å². The van der Waals surface area contributed by atoms with Gasteiger partial charge in [-0.25, -0.2) is 0 Å². The van der Waals surface area contributed by atoms with E-state index >= 15 is 0 Å². The topological polar surface area (TPSA) is 78.9 Å². The van der Waals surface area contributed by atoms with Crippen LogP contribution in [0.3, 0.4) is 0 Å². The Morgan fingerprint density at radius 3 is 2.52 bits per heavy atom. The van der Waals surface area contributed by atoms with Gasteiger partial charge in [0.15, 0.2) is 0 Å². The highest BCUT2D eigenvalue weighted by Gasteiger charge is 2.35. The Kier molecular flexibility index (Phi) is 5.26. The fourth-order valence-electron chi connectivity index (χ4n) is 3.80. The van der Waals surface area contributed by atoms with Gasteiger partial charge in [-0.2, -0.15) is 0 Å². The van der Waals surface area contributed by atoms with E-state index in [1.807, 2.05) is 0 Å². The van der Waals surface area contributed by atoms with Crippen LogP contribution < -0.4 is 15.0 Å². The molecule has 3 rings (SSSR count). The molecule has 2 bridgehead atoms. The highest BCUT2D eigenvalue weighted by atomic mass is 16.5. The third kappa shape index (κ3) is 4.32. The molecule has 0 radical (unpaired) electrons. The van der Waals surface area contributed by atoms with Crippen LogP contribution in [0.15, 0.2) is 36.4 Å². The summed E-state index contributed by atoms with van der Waals surface area (Å²) in [7, 11) is 1.57. The number of fused-ring (bicyclic) bond motifs is 2. The third-order valence-corrected chi connectivity index (χ3v) is 5.08. The van der Waals surface area contributed by atoms with Crippen molar-refractivity contribution in [1.82, 2.24) is 5.32 Å². The molecular formula is C19H24N2O4. The fraction of sp³-hybridized carbons (Fsp3) is 0.474. The molecule has 25 heavy (non-hydrogen) atoms. The van der Waals surface area contributed by atoms with Gasteiger partial charge in [0.25, 0.3) is 0 Å². The average molecular weight is 344 g/mol. The molecule has 2 N–H and O–H groups in total. The Hall–Kier alpha value is -2.50. The lowest BCUT2D eigenvalue weighted by Gasteiger charge is -2.24. The van der Waals surface area contributed by atoms with Crippen LogP contribution in [0.5, 0.6) is 5.75 Å². The summed E-state index contributed by atoms with van der Waals surface area (Å²) in [6, 6.07) is 7.03. The molecule has 1 saturated carbocycles. The minimum Gasteiger partial charge on any atom is -0.497 e. The van der Waals surface area contributed by atoms with Gasteiger partial charge in [-0.05, 0) is 54.9 Å². The normalized spacial score (nSPS) is 23.5. The van der Waals surface area contributed by atoms with E-state index in [1.54, 1.807) is 36.3 Å². The quantitative estimate of drug-likeness (QED) is 0.705. The molecule has 0 spiro atoms. The molecule has 2 aliphatic carbocycles. The highest BCUT2D eigenvalue weighted by Crippen LogP contribution is 2.42. The summed E-state index contributed by atoms with van der Waals surface area (Å²) < 4.78 is 5.11. The number of rotatable bonds is 8. The first-order chi connectivity index (χ1) is 12.0. The second-order valence-electron chi connectivity index (χ2n) is 6.79. The van der Waals surface area contributed by atoms with Crippen LogP contribution in [-0.4, -0.2) is 43.7 Å². The van der Waals surface area contributed by atoms with Crippen molar-refractivity contribution in [3.05, 3.63) is 36.4 Å². The number of hydrogen-bond donors (Lipinski definition) is 2. The Morgan fingerprint density at radius 1 is 1.20 bits per heavy atom. The Bertz CT molecular complexity index is 656. The molecule has 1 aromatic carbocycles. The number of amides is 1. The molecule has 0 heterocycles. The van der Waals surface area contributed by atoms with E-state index in [9.17, 15) is 9.59 Å². The molecule has 1 aromatic rings. The van der Waals surface area contributed by atoms with Crippen molar-refractivity contribution in [2.75, 3.05) is 31.6 Å².